The molecule has 0 bridgehead atoms. The molecule has 1 aromatic carbocycles. The quantitative estimate of drug-likeness (QED) is 0.770. The van der Waals surface area contributed by atoms with Gasteiger partial charge in [-0.1, -0.05) is 6.92 Å². The van der Waals surface area contributed by atoms with Crippen LogP contribution in [-0.2, 0) is 0 Å². The third-order valence-electron chi connectivity index (χ3n) is 4.34. The summed E-state index contributed by atoms with van der Waals surface area (Å²) in [5.41, 5.74) is 1.81. The number of H-pyrrole nitrogens is 1. The Hall–Kier alpha value is -2.77. The Morgan fingerprint density at radius 3 is 2.62 bits per heavy atom. The first kappa shape index (κ1) is 14.8. The average molecular weight is 327 g/mol. The lowest BCUT2D eigenvalue weighted by molar-refractivity contribution is 0.435. The molecule has 0 radical (unpaired) electrons. The highest BCUT2D eigenvalue weighted by molar-refractivity contribution is 5.85. The van der Waals surface area contributed by atoms with Crippen LogP contribution in [-0.4, -0.2) is 38.5 Å². The molecule has 2 aromatic heterocycles. The lowest BCUT2D eigenvalue weighted by atomic mass is 10.00. The maximum absolute atomic E-state index is 13.1. The summed E-state index contributed by atoms with van der Waals surface area (Å²) in [5.74, 6) is 1.66. The van der Waals surface area contributed by atoms with Gasteiger partial charge in [0, 0.05) is 18.8 Å². The van der Waals surface area contributed by atoms with Crippen LogP contribution >= 0.6 is 0 Å². The zero-order valence-corrected chi connectivity index (χ0v) is 13.3. The van der Waals surface area contributed by atoms with Crippen LogP contribution in [0.4, 0.5) is 21.8 Å². The Morgan fingerprint density at radius 1 is 1.12 bits per heavy atom. The van der Waals surface area contributed by atoms with E-state index in [-0.39, 0.29) is 5.82 Å². The summed E-state index contributed by atoms with van der Waals surface area (Å²) in [5, 5.41) is 14.0. The Balaban J connectivity index is 1.68. The number of hydrogen-bond donors (Lipinski definition) is 2. The van der Waals surface area contributed by atoms with Gasteiger partial charge in [-0.2, -0.15) is 20.3 Å². The maximum atomic E-state index is 13.1. The summed E-state index contributed by atoms with van der Waals surface area (Å²) in [6.45, 7) is 4.13. The predicted octanol–water partition coefficient (Wildman–Crippen LogP) is 2.87. The number of nitrogens with one attached hydrogen (secondary N) is 2. The van der Waals surface area contributed by atoms with Crippen LogP contribution < -0.4 is 10.2 Å². The van der Waals surface area contributed by atoms with Crippen LogP contribution in [0, 0.1) is 11.7 Å². The van der Waals surface area contributed by atoms with Gasteiger partial charge >= 0.3 is 0 Å². The van der Waals surface area contributed by atoms with Crippen molar-refractivity contribution in [2.75, 3.05) is 23.3 Å². The summed E-state index contributed by atoms with van der Waals surface area (Å²) in [6.07, 6.45) is 2.25. The highest BCUT2D eigenvalue weighted by atomic mass is 19.1. The number of halogens is 1. The van der Waals surface area contributed by atoms with Crippen LogP contribution in [0.25, 0.3) is 11.2 Å². The first-order valence-corrected chi connectivity index (χ1v) is 8.05. The molecule has 8 heteroatoms. The zero-order chi connectivity index (χ0) is 16.5. The van der Waals surface area contributed by atoms with Gasteiger partial charge < -0.3 is 10.2 Å². The number of rotatable bonds is 3. The molecule has 0 unspecified atom stereocenters. The lowest BCUT2D eigenvalue weighted by Gasteiger charge is -2.30. The largest absolute Gasteiger partial charge is 0.341 e. The minimum absolute atomic E-state index is 0.280. The smallest absolute Gasteiger partial charge is 0.229 e. The molecular weight excluding hydrogens is 309 g/mol. The second-order valence-electron chi connectivity index (χ2n) is 6.17. The highest BCUT2D eigenvalue weighted by Gasteiger charge is 2.20. The summed E-state index contributed by atoms with van der Waals surface area (Å²) in [7, 11) is 0. The first-order chi connectivity index (χ1) is 11.7. The van der Waals surface area contributed by atoms with Gasteiger partial charge in [0.25, 0.3) is 0 Å². The van der Waals surface area contributed by atoms with Crippen molar-refractivity contribution in [3.05, 3.63) is 30.1 Å². The fourth-order valence-corrected chi connectivity index (χ4v) is 2.84. The third-order valence-corrected chi connectivity index (χ3v) is 4.34. The number of benzene rings is 1. The summed E-state index contributed by atoms with van der Waals surface area (Å²) < 4.78 is 13.1. The van der Waals surface area contributed by atoms with E-state index in [9.17, 15) is 4.39 Å². The fourth-order valence-electron chi connectivity index (χ4n) is 2.84. The van der Waals surface area contributed by atoms with Crippen LogP contribution in [0.5, 0.6) is 0 Å². The summed E-state index contributed by atoms with van der Waals surface area (Å²) in [4.78, 5) is 11.3. The molecule has 7 nitrogen and oxygen atoms in total. The van der Waals surface area contributed by atoms with Crippen LogP contribution in [0.3, 0.4) is 0 Å². The number of aromatic amines is 1. The van der Waals surface area contributed by atoms with Crippen molar-refractivity contribution >= 4 is 28.6 Å². The van der Waals surface area contributed by atoms with E-state index in [1.165, 1.54) is 12.1 Å². The minimum atomic E-state index is -0.280. The molecule has 0 spiro atoms. The fraction of sp³-hybridized carbons (Fsp3) is 0.375. The lowest BCUT2D eigenvalue weighted by Crippen LogP contribution is -2.34. The number of fused-ring (bicyclic) bond motifs is 1. The van der Waals surface area contributed by atoms with Crippen LogP contribution in [0.15, 0.2) is 24.3 Å². The van der Waals surface area contributed by atoms with E-state index in [0.29, 0.717) is 22.9 Å². The molecule has 1 aliphatic rings. The Morgan fingerprint density at radius 2 is 1.88 bits per heavy atom. The van der Waals surface area contributed by atoms with Gasteiger partial charge in [0.05, 0.1) is 0 Å². The average Bonchev–Trinajstić information content (AvgIpc) is 3.06. The number of aromatic nitrogens is 5. The highest BCUT2D eigenvalue weighted by Crippen LogP contribution is 2.26. The second-order valence-corrected chi connectivity index (χ2v) is 6.17. The molecule has 0 amide bonds. The molecule has 0 atom stereocenters. The minimum Gasteiger partial charge on any atom is -0.341 e. The van der Waals surface area contributed by atoms with Crippen LogP contribution in [0.1, 0.15) is 19.8 Å². The molecule has 1 fully saturated rings. The standard InChI is InChI=1S/C16H18FN7/c1-10-6-8-24(9-7-10)16-19-14(13-15(20-16)22-23-21-13)18-12-4-2-11(17)3-5-12/h2-5,10H,6-9H2,1H3,(H2,18,19,20,21,22,23). The summed E-state index contributed by atoms with van der Waals surface area (Å²) in [6, 6.07) is 6.12. The van der Waals surface area contributed by atoms with Gasteiger partial charge in [-0.25, -0.2) is 4.39 Å². The molecule has 0 saturated carbocycles. The van der Waals surface area contributed by atoms with E-state index in [2.05, 4.69) is 42.5 Å². The molecule has 124 valence electrons. The second kappa shape index (κ2) is 6.03. The molecule has 1 saturated heterocycles. The third kappa shape index (κ3) is 2.86. The van der Waals surface area contributed by atoms with E-state index < -0.39 is 0 Å². The normalized spacial score (nSPS) is 15.8. The van der Waals surface area contributed by atoms with Gasteiger partial charge in [-0.15, -0.1) is 5.10 Å². The van der Waals surface area contributed by atoms with Crippen molar-refractivity contribution in [1.82, 2.24) is 25.4 Å². The van der Waals surface area contributed by atoms with Crippen molar-refractivity contribution in [3.8, 4) is 0 Å². The van der Waals surface area contributed by atoms with E-state index in [0.717, 1.165) is 37.5 Å². The molecular formula is C16H18FN7. The van der Waals surface area contributed by atoms with Gasteiger partial charge in [0.15, 0.2) is 11.3 Å². The maximum Gasteiger partial charge on any atom is 0.229 e. The van der Waals surface area contributed by atoms with Crippen LogP contribution in [0.2, 0.25) is 0 Å². The SMILES string of the molecule is CC1CCN(c2nc(Nc3ccc(F)cc3)c3n[nH]nc3n2)CC1. The van der Waals surface area contributed by atoms with Crippen molar-refractivity contribution in [1.29, 1.82) is 0 Å². The van der Waals surface area contributed by atoms with E-state index >= 15 is 0 Å². The zero-order valence-electron chi connectivity index (χ0n) is 13.3. The first-order valence-electron chi connectivity index (χ1n) is 8.05. The number of anilines is 3. The molecule has 0 aliphatic carbocycles. The van der Waals surface area contributed by atoms with E-state index in [4.69, 9.17) is 0 Å². The Labute approximate surface area is 138 Å². The monoisotopic (exact) mass is 327 g/mol. The Bertz CT molecular complexity index is 837. The van der Waals surface area contributed by atoms with Gasteiger partial charge in [0.1, 0.15) is 5.82 Å². The molecule has 3 aromatic rings. The van der Waals surface area contributed by atoms with E-state index in [1.807, 2.05) is 0 Å². The molecule has 3 heterocycles. The number of nitrogens with zero attached hydrogens (tertiary/aromatic N) is 5. The summed E-state index contributed by atoms with van der Waals surface area (Å²) >= 11 is 0. The molecule has 4 rings (SSSR count). The number of hydrogen-bond acceptors (Lipinski definition) is 6. The van der Waals surface area contributed by atoms with E-state index in [1.54, 1.807) is 12.1 Å². The molecule has 1 aliphatic heterocycles. The van der Waals surface area contributed by atoms with Gasteiger partial charge in [-0.05, 0) is 43.0 Å². The topological polar surface area (TPSA) is 82.6 Å². The van der Waals surface area contributed by atoms with Crippen molar-refractivity contribution in [2.45, 2.75) is 19.8 Å². The predicted molar refractivity (Wildman–Crippen MR) is 89.8 cm³/mol. The van der Waals surface area contributed by atoms with Crippen molar-refractivity contribution < 1.29 is 4.39 Å². The van der Waals surface area contributed by atoms with Gasteiger partial charge in [-0.3, -0.25) is 0 Å². The van der Waals surface area contributed by atoms with Gasteiger partial charge in [0.2, 0.25) is 11.6 Å². The van der Waals surface area contributed by atoms with Crippen molar-refractivity contribution in [2.24, 2.45) is 5.92 Å². The van der Waals surface area contributed by atoms with Crippen molar-refractivity contribution in [3.63, 3.8) is 0 Å². The Kier molecular flexibility index (Phi) is 3.72. The molecule has 2 N–H and O–H groups in total. The number of piperidine rings is 1. The molecule has 24 heavy (non-hydrogen) atoms.